The first-order chi connectivity index (χ1) is 8.11. The molecular weight excluding hydrogens is 220 g/mol. The van der Waals surface area contributed by atoms with E-state index < -0.39 is 0 Å². The summed E-state index contributed by atoms with van der Waals surface area (Å²) in [6, 6.07) is 0. The Bertz CT molecular complexity index is 418. The lowest BCUT2D eigenvalue weighted by Crippen LogP contribution is -2.19. The fraction of sp³-hybridized carbons (Fsp3) is 0.545. The fourth-order valence-electron chi connectivity index (χ4n) is 1.35. The van der Waals surface area contributed by atoms with Gasteiger partial charge in [-0.2, -0.15) is 5.10 Å². The first-order valence-electron chi connectivity index (χ1n) is 5.56. The van der Waals surface area contributed by atoms with Gasteiger partial charge >= 0.3 is 0 Å². The monoisotopic (exact) mass is 238 g/mol. The summed E-state index contributed by atoms with van der Waals surface area (Å²) in [5.74, 6) is 0.309. The maximum absolute atomic E-state index is 8.76. The highest BCUT2D eigenvalue weighted by Gasteiger charge is 2.16. The van der Waals surface area contributed by atoms with E-state index in [9.17, 15) is 0 Å². The molecule has 1 rings (SSSR count). The first-order valence-corrected chi connectivity index (χ1v) is 5.56. The Morgan fingerprint density at radius 2 is 2.12 bits per heavy atom. The number of aryl methyl sites for hydroxylation is 1. The Hall–Kier alpha value is -1.85. The maximum Gasteiger partial charge on any atom is 0.244 e. The molecular formula is C11H18N4O2. The van der Waals surface area contributed by atoms with Gasteiger partial charge in [0, 0.05) is 0 Å². The number of hydrogen-bond donors (Lipinski definition) is 2. The van der Waals surface area contributed by atoms with E-state index in [1.807, 2.05) is 13.8 Å². The molecule has 0 unspecified atom stereocenters. The van der Waals surface area contributed by atoms with Crippen LogP contribution in [0.2, 0.25) is 0 Å². The van der Waals surface area contributed by atoms with Crippen molar-refractivity contribution >= 4 is 5.84 Å². The lowest BCUT2D eigenvalue weighted by Gasteiger charge is -2.11. The van der Waals surface area contributed by atoms with Gasteiger partial charge in [0.25, 0.3) is 0 Å². The van der Waals surface area contributed by atoms with E-state index in [1.54, 1.807) is 0 Å². The molecule has 0 saturated carbocycles. The summed E-state index contributed by atoms with van der Waals surface area (Å²) in [6.45, 7) is 6.26. The molecule has 0 fully saturated rings. The molecule has 17 heavy (non-hydrogen) atoms. The van der Waals surface area contributed by atoms with E-state index >= 15 is 0 Å². The second kappa shape index (κ2) is 6.03. The highest BCUT2D eigenvalue weighted by molar-refractivity contribution is 6.00. The molecule has 0 bridgehead atoms. The number of unbranched alkanes of at least 4 members (excludes halogenated alkanes) is 1. The molecule has 6 heteroatoms. The summed E-state index contributed by atoms with van der Waals surface area (Å²) >= 11 is 0. The van der Waals surface area contributed by atoms with Crippen LogP contribution in [0, 0.1) is 13.8 Å². The van der Waals surface area contributed by atoms with Crippen molar-refractivity contribution in [1.29, 1.82) is 0 Å². The number of nitrogens with two attached hydrogens (primary N) is 1. The van der Waals surface area contributed by atoms with Gasteiger partial charge < -0.3 is 15.7 Å². The molecule has 0 spiro atoms. The largest absolute Gasteiger partial charge is 0.476 e. The summed E-state index contributed by atoms with van der Waals surface area (Å²) in [4.78, 5) is 0. The molecule has 0 aliphatic carbocycles. The topological polar surface area (TPSA) is 93.6 Å². The van der Waals surface area contributed by atoms with Crippen LogP contribution in [-0.2, 0) is 0 Å². The molecule has 0 atom stereocenters. The number of ether oxygens (including phenoxy) is 1. The Morgan fingerprint density at radius 3 is 2.71 bits per heavy atom. The van der Waals surface area contributed by atoms with Gasteiger partial charge in [-0.05, 0) is 25.8 Å². The second-order valence-corrected chi connectivity index (χ2v) is 3.78. The minimum Gasteiger partial charge on any atom is -0.476 e. The van der Waals surface area contributed by atoms with E-state index in [2.05, 4.69) is 22.3 Å². The lowest BCUT2D eigenvalue weighted by atomic mass is 10.1. The summed E-state index contributed by atoms with van der Waals surface area (Å²) in [5, 5.41) is 19.7. The van der Waals surface area contributed by atoms with Crippen molar-refractivity contribution < 1.29 is 9.94 Å². The predicted octanol–water partition coefficient (Wildman–Crippen LogP) is 1.37. The zero-order valence-electron chi connectivity index (χ0n) is 10.4. The minimum absolute atomic E-state index is 0.00741. The maximum atomic E-state index is 8.76. The Balaban J connectivity index is 3.07. The van der Waals surface area contributed by atoms with Crippen LogP contribution < -0.4 is 10.5 Å². The fourth-order valence-corrected chi connectivity index (χ4v) is 1.35. The van der Waals surface area contributed by atoms with Gasteiger partial charge in [0.2, 0.25) is 5.88 Å². The summed E-state index contributed by atoms with van der Waals surface area (Å²) in [5.41, 5.74) is 7.67. The van der Waals surface area contributed by atoms with Gasteiger partial charge in [-0.1, -0.05) is 18.5 Å². The third-order valence-electron chi connectivity index (χ3n) is 2.52. The number of rotatable bonds is 5. The van der Waals surface area contributed by atoms with Crippen LogP contribution in [0.15, 0.2) is 5.16 Å². The van der Waals surface area contributed by atoms with Crippen LogP contribution in [0.5, 0.6) is 5.88 Å². The minimum atomic E-state index is -0.00741. The number of aromatic nitrogens is 2. The zero-order chi connectivity index (χ0) is 12.8. The van der Waals surface area contributed by atoms with Gasteiger partial charge in [-0.15, -0.1) is 5.10 Å². The Morgan fingerprint density at radius 1 is 1.41 bits per heavy atom. The van der Waals surface area contributed by atoms with E-state index in [0.717, 1.165) is 24.1 Å². The van der Waals surface area contributed by atoms with Crippen LogP contribution in [0.3, 0.4) is 0 Å². The van der Waals surface area contributed by atoms with Gasteiger partial charge in [0.05, 0.1) is 17.9 Å². The molecule has 3 N–H and O–H groups in total. The second-order valence-electron chi connectivity index (χ2n) is 3.78. The molecule has 0 saturated heterocycles. The standard InChI is InChI=1S/C11H18N4O2/c1-4-5-6-17-11-9(10(12)15-16)7(2)8(3)13-14-11/h16H,4-6H2,1-3H3,(H2,12,15). The lowest BCUT2D eigenvalue weighted by molar-refractivity contribution is 0.291. The van der Waals surface area contributed by atoms with E-state index in [4.69, 9.17) is 15.7 Å². The average Bonchev–Trinajstić information content (AvgIpc) is 2.33. The molecule has 0 aliphatic heterocycles. The zero-order valence-corrected chi connectivity index (χ0v) is 10.4. The average molecular weight is 238 g/mol. The number of nitrogens with zero attached hydrogens (tertiary/aromatic N) is 3. The molecule has 94 valence electrons. The molecule has 0 aliphatic rings. The van der Waals surface area contributed by atoms with E-state index in [0.29, 0.717) is 18.1 Å². The predicted molar refractivity (Wildman–Crippen MR) is 64.4 cm³/mol. The number of hydrogen-bond acceptors (Lipinski definition) is 5. The van der Waals surface area contributed by atoms with Gasteiger partial charge in [0.15, 0.2) is 5.84 Å². The van der Waals surface area contributed by atoms with E-state index in [1.165, 1.54) is 0 Å². The van der Waals surface area contributed by atoms with Crippen molar-refractivity contribution in [1.82, 2.24) is 10.2 Å². The van der Waals surface area contributed by atoms with Crippen LogP contribution in [-0.4, -0.2) is 27.8 Å². The van der Waals surface area contributed by atoms with Crippen molar-refractivity contribution in [3.63, 3.8) is 0 Å². The number of amidine groups is 1. The molecule has 1 aromatic rings. The van der Waals surface area contributed by atoms with Crippen molar-refractivity contribution in [3.05, 3.63) is 16.8 Å². The SMILES string of the molecule is CCCCOc1nnc(C)c(C)c1/C(N)=N/O. The van der Waals surface area contributed by atoms with Crippen LogP contribution in [0.1, 0.15) is 36.6 Å². The molecule has 1 heterocycles. The smallest absolute Gasteiger partial charge is 0.244 e. The van der Waals surface area contributed by atoms with E-state index in [-0.39, 0.29) is 5.84 Å². The summed E-state index contributed by atoms with van der Waals surface area (Å²) in [7, 11) is 0. The van der Waals surface area contributed by atoms with Crippen molar-refractivity contribution in [2.24, 2.45) is 10.9 Å². The van der Waals surface area contributed by atoms with Gasteiger partial charge in [0.1, 0.15) is 0 Å². The normalized spacial score (nSPS) is 11.6. The molecule has 0 amide bonds. The molecule has 6 nitrogen and oxygen atoms in total. The van der Waals surface area contributed by atoms with Crippen LogP contribution in [0.25, 0.3) is 0 Å². The van der Waals surface area contributed by atoms with Crippen LogP contribution in [0.4, 0.5) is 0 Å². The van der Waals surface area contributed by atoms with Crippen molar-refractivity contribution in [3.8, 4) is 5.88 Å². The molecule has 0 radical (unpaired) electrons. The third-order valence-corrected chi connectivity index (χ3v) is 2.52. The van der Waals surface area contributed by atoms with Gasteiger partial charge in [-0.25, -0.2) is 0 Å². The summed E-state index contributed by atoms with van der Waals surface area (Å²) in [6.07, 6.45) is 1.95. The highest BCUT2D eigenvalue weighted by atomic mass is 16.5. The molecule has 0 aromatic carbocycles. The Kier molecular flexibility index (Phi) is 4.68. The third kappa shape index (κ3) is 3.05. The Labute approximate surface area is 100 Å². The highest BCUT2D eigenvalue weighted by Crippen LogP contribution is 2.20. The molecule has 1 aromatic heterocycles. The van der Waals surface area contributed by atoms with Crippen molar-refractivity contribution in [2.45, 2.75) is 33.6 Å². The summed E-state index contributed by atoms with van der Waals surface area (Å²) < 4.78 is 5.49. The first kappa shape index (κ1) is 13.2. The number of oxime groups is 1. The van der Waals surface area contributed by atoms with Crippen LogP contribution >= 0.6 is 0 Å². The van der Waals surface area contributed by atoms with Crippen molar-refractivity contribution in [2.75, 3.05) is 6.61 Å². The quantitative estimate of drug-likeness (QED) is 0.265. The van der Waals surface area contributed by atoms with Gasteiger partial charge in [-0.3, -0.25) is 0 Å².